The summed E-state index contributed by atoms with van der Waals surface area (Å²) in [6.07, 6.45) is 6.95. The van der Waals surface area contributed by atoms with Crippen LogP contribution in [0.25, 0.3) is 0 Å². The first-order valence-corrected chi connectivity index (χ1v) is 7.23. The van der Waals surface area contributed by atoms with Crippen molar-refractivity contribution >= 4 is 7.68 Å². The zero-order valence-corrected chi connectivity index (χ0v) is 11.3. The summed E-state index contributed by atoms with van der Waals surface area (Å²) in [6.45, 7) is 4.20. The molecule has 0 spiro atoms. The molecule has 0 aliphatic heterocycles. The lowest BCUT2D eigenvalue weighted by Crippen LogP contribution is -2.32. The van der Waals surface area contributed by atoms with Gasteiger partial charge in [-0.05, 0) is 13.3 Å². The van der Waals surface area contributed by atoms with Crippen LogP contribution in [0.4, 0.5) is 0 Å². The summed E-state index contributed by atoms with van der Waals surface area (Å²) >= 11 is 0. The van der Waals surface area contributed by atoms with E-state index in [0.29, 0.717) is 6.61 Å². The number of hydrogen-bond acceptors (Lipinski definition) is 4. The van der Waals surface area contributed by atoms with Crippen molar-refractivity contribution in [3.63, 3.8) is 0 Å². The molecule has 0 aromatic rings. The van der Waals surface area contributed by atoms with E-state index < -0.39 is 13.0 Å². The summed E-state index contributed by atoms with van der Waals surface area (Å²) in [5.41, 5.74) is 5.38. The Morgan fingerprint density at radius 3 is 2.19 bits per heavy atom. The third kappa shape index (κ3) is 6.41. The van der Waals surface area contributed by atoms with Gasteiger partial charge in [-0.25, -0.2) is 9.13 Å². The molecule has 0 saturated heterocycles. The Bertz CT molecular complexity index is 235. The molecule has 0 aliphatic carbocycles. The monoisotopic (exact) mass is 249 g/mol. The second-order valence-electron chi connectivity index (χ2n) is 4.25. The van der Waals surface area contributed by atoms with Gasteiger partial charge in [-0.15, -0.1) is 0 Å². The highest BCUT2D eigenvalue weighted by atomic mass is 31.1. The van der Waals surface area contributed by atoms with Gasteiger partial charge >= 0.3 is 7.68 Å². The summed E-state index contributed by atoms with van der Waals surface area (Å²) in [7, 11) is -2.62. The lowest BCUT2D eigenvalue weighted by atomic mass is 10.1. The van der Waals surface area contributed by atoms with Crippen LogP contribution in [0.2, 0.25) is 0 Å². The van der Waals surface area contributed by atoms with E-state index in [4.69, 9.17) is 10.5 Å². The molecule has 0 rings (SSSR count). The van der Waals surface area contributed by atoms with Gasteiger partial charge in [-0.2, -0.15) is 0 Å². The van der Waals surface area contributed by atoms with Gasteiger partial charge in [0.05, 0.1) is 0 Å². The Labute approximate surface area is 98.8 Å². The molecule has 5 heteroatoms. The van der Waals surface area contributed by atoms with Crippen LogP contribution in [0.3, 0.4) is 0 Å². The summed E-state index contributed by atoms with van der Waals surface area (Å²) in [5, 5.41) is -1.18. The SMILES string of the molecule is CCCCCCCCOC(C)(CN)P(=O)=O. The first-order valence-electron chi connectivity index (χ1n) is 6.05. The lowest BCUT2D eigenvalue weighted by molar-refractivity contribution is 0.0335. The molecular weight excluding hydrogens is 225 g/mol. The van der Waals surface area contributed by atoms with E-state index in [-0.39, 0.29) is 6.54 Å². The molecule has 0 radical (unpaired) electrons. The molecule has 0 saturated carbocycles. The Kier molecular flexibility index (Phi) is 8.81. The summed E-state index contributed by atoms with van der Waals surface area (Å²) < 4.78 is 27.1. The molecule has 0 bridgehead atoms. The highest BCUT2D eigenvalue weighted by Gasteiger charge is 2.29. The molecule has 0 heterocycles. The number of hydrogen-bond donors (Lipinski definition) is 1. The molecule has 2 N–H and O–H groups in total. The third-order valence-corrected chi connectivity index (χ3v) is 3.76. The van der Waals surface area contributed by atoms with Gasteiger partial charge in [0.25, 0.3) is 0 Å². The number of ether oxygens (including phenoxy) is 1. The van der Waals surface area contributed by atoms with E-state index in [1.165, 1.54) is 32.6 Å². The van der Waals surface area contributed by atoms with E-state index in [0.717, 1.165) is 12.8 Å². The van der Waals surface area contributed by atoms with E-state index in [2.05, 4.69) is 6.92 Å². The predicted octanol–water partition coefficient (Wildman–Crippen LogP) is 3.21. The lowest BCUT2D eigenvalue weighted by Gasteiger charge is -2.19. The Hall–Kier alpha value is -0.180. The van der Waals surface area contributed by atoms with Gasteiger partial charge in [0.1, 0.15) is 0 Å². The van der Waals surface area contributed by atoms with Crippen molar-refractivity contribution in [2.24, 2.45) is 5.73 Å². The van der Waals surface area contributed by atoms with E-state index in [9.17, 15) is 9.13 Å². The van der Waals surface area contributed by atoms with Crippen molar-refractivity contribution in [1.82, 2.24) is 0 Å². The summed E-state index contributed by atoms with van der Waals surface area (Å²) in [4.78, 5) is 0. The molecule has 0 aromatic heterocycles. The highest BCUT2D eigenvalue weighted by Crippen LogP contribution is 2.28. The van der Waals surface area contributed by atoms with Crippen LogP contribution in [0, 0.1) is 0 Å². The van der Waals surface area contributed by atoms with E-state index in [1.807, 2.05) is 0 Å². The van der Waals surface area contributed by atoms with Crippen LogP contribution in [-0.4, -0.2) is 18.5 Å². The van der Waals surface area contributed by atoms with Gasteiger partial charge < -0.3 is 10.5 Å². The van der Waals surface area contributed by atoms with Crippen molar-refractivity contribution in [3.8, 4) is 0 Å². The second-order valence-corrected chi connectivity index (χ2v) is 5.71. The molecule has 96 valence electrons. The average Bonchev–Trinajstić information content (AvgIpc) is 2.27. The first kappa shape index (κ1) is 15.8. The van der Waals surface area contributed by atoms with Crippen molar-refractivity contribution in [1.29, 1.82) is 0 Å². The minimum Gasteiger partial charge on any atom is -0.359 e. The zero-order valence-electron chi connectivity index (χ0n) is 10.4. The highest BCUT2D eigenvalue weighted by molar-refractivity contribution is 7.32. The zero-order chi connectivity index (χ0) is 12.4. The largest absolute Gasteiger partial charge is 0.359 e. The quantitative estimate of drug-likeness (QED) is 0.476. The molecule has 1 unspecified atom stereocenters. The maximum Gasteiger partial charge on any atom is 0.349 e. The van der Waals surface area contributed by atoms with Crippen LogP contribution in [0.15, 0.2) is 0 Å². The fraction of sp³-hybridized carbons (Fsp3) is 1.00. The van der Waals surface area contributed by atoms with Crippen molar-refractivity contribution in [2.75, 3.05) is 13.2 Å². The second kappa shape index (κ2) is 8.91. The van der Waals surface area contributed by atoms with Gasteiger partial charge in [0.2, 0.25) is 0 Å². The van der Waals surface area contributed by atoms with Crippen LogP contribution in [0.1, 0.15) is 52.4 Å². The normalized spacial score (nSPS) is 14.7. The molecule has 0 fully saturated rings. The first-order chi connectivity index (χ1) is 7.56. The Morgan fingerprint density at radius 1 is 1.12 bits per heavy atom. The smallest absolute Gasteiger partial charge is 0.349 e. The van der Waals surface area contributed by atoms with Gasteiger partial charge in [0, 0.05) is 13.2 Å². The topological polar surface area (TPSA) is 69.4 Å². The fourth-order valence-corrected chi connectivity index (χ4v) is 1.71. The average molecular weight is 249 g/mol. The minimum absolute atomic E-state index is 0.0154. The fourth-order valence-electron chi connectivity index (χ4n) is 1.36. The van der Waals surface area contributed by atoms with Gasteiger partial charge in [-0.3, -0.25) is 0 Å². The number of nitrogens with two attached hydrogens (primary N) is 1. The van der Waals surface area contributed by atoms with Gasteiger partial charge in [0.15, 0.2) is 5.34 Å². The number of unbranched alkanes of at least 4 members (excludes halogenated alkanes) is 5. The van der Waals surface area contributed by atoms with Crippen molar-refractivity contribution in [3.05, 3.63) is 0 Å². The Morgan fingerprint density at radius 2 is 1.69 bits per heavy atom. The predicted molar refractivity (Wildman–Crippen MR) is 65.1 cm³/mol. The van der Waals surface area contributed by atoms with Crippen molar-refractivity contribution in [2.45, 2.75) is 57.7 Å². The summed E-state index contributed by atoms with van der Waals surface area (Å²) in [6, 6.07) is 0. The maximum absolute atomic E-state index is 10.9. The maximum atomic E-state index is 10.9. The van der Waals surface area contributed by atoms with Crippen LogP contribution < -0.4 is 5.73 Å². The standard InChI is InChI=1S/C11H24NO3P/c1-3-4-5-6-7-8-9-15-11(2,10-12)16(13)14/h3-10,12H2,1-2H3. The molecule has 16 heavy (non-hydrogen) atoms. The summed E-state index contributed by atoms with van der Waals surface area (Å²) in [5.74, 6) is 0. The molecule has 0 aliphatic rings. The van der Waals surface area contributed by atoms with E-state index in [1.54, 1.807) is 0 Å². The van der Waals surface area contributed by atoms with Crippen LogP contribution in [0.5, 0.6) is 0 Å². The molecule has 4 nitrogen and oxygen atoms in total. The van der Waals surface area contributed by atoms with Crippen molar-refractivity contribution < 1.29 is 13.9 Å². The van der Waals surface area contributed by atoms with Crippen LogP contribution >= 0.6 is 7.68 Å². The van der Waals surface area contributed by atoms with Crippen LogP contribution in [-0.2, 0) is 13.9 Å². The molecular formula is C11H24NO3P. The van der Waals surface area contributed by atoms with Gasteiger partial charge in [-0.1, -0.05) is 39.0 Å². The third-order valence-electron chi connectivity index (χ3n) is 2.68. The molecule has 0 amide bonds. The minimum atomic E-state index is -2.62. The van der Waals surface area contributed by atoms with E-state index >= 15 is 0 Å². The Balaban J connectivity index is 3.57. The number of rotatable bonds is 10. The molecule has 1 atom stereocenters. The molecule has 0 aromatic carbocycles.